The van der Waals surface area contributed by atoms with Crippen molar-refractivity contribution in [3.8, 4) is 39.1 Å². The number of para-hydroxylation sites is 3. The van der Waals surface area contributed by atoms with Gasteiger partial charge in [0.05, 0.1) is 11.0 Å². The number of rotatable bonds is 4. The molecule has 2 aromatic heterocycles. The summed E-state index contributed by atoms with van der Waals surface area (Å²) in [6.07, 6.45) is 9.63. The lowest BCUT2D eigenvalue weighted by molar-refractivity contribution is 0.670. The van der Waals surface area contributed by atoms with Gasteiger partial charge in [0.2, 0.25) is 0 Å². The highest BCUT2D eigenvalue weighted by molar-refractivity contribution is 6.23. The van der Waals surface area contributed by atoms with Gasteiger partial charge in [0.1, 0.15) is 11.2 Å². The van der Waals surface area contributed by atoms with Crippen LogP contribution in [0.1, 0.15) is 47.9 Å². The largest absolute Gasteiger partial charge is 0.455 e. The summed E-state index contributed by atoms with van der Waals surface area (Å²) < 4.78 is 9.03. The van der Waals surface area contributed by atoms with Crippen molar-refractivity contribution in [3.05, 3.63) is 186 Å². The van der Waals surface area contributed by atoms with Crippen LogP contribution in [-0.4, -0.2) is 4.57 Å². The van der Waals surface area contributed by atoms with Gasteiger partial charge in [-0.15, -0.1) is 0 Å². The first kappa shape index (κ1) is 34.0. The van der Waals surface area contributed by atoms with E-state index in [9.17, 15) is 0 Å². The number of nitrogens with zero attached hydrogens (tertiary/aromatic N) is 1. The fraction of sp³-hybridized carbons (Fsp3) is 0.138. The van der Waals surface area contributed by atoms with E-state index in [4.69, 9.17) is 4.42 Å². The number of furan rings is 1. The van der Waals surface area contributed by atoms with Gasteiger partial charge in [0, 0.05) is 32.8 Å². The van der Waals surface area contributed by atoms with Crippen LogP contribution in [-0.2, 0) is 25.7 Å². The number of aromatic nitrogens is 1. The van der Waals surface area contributed by atoms with Crippen LogP contribution in [0.15, 0.2) is 168 Å². The molecular weight excluding hydrogens is 727 g/mol. The Kier molecular flexibility index (Phi) is 7.54. The molecule has 0 aliphatic heterocycles. The highest BCUT2D eigenvalue weighted by atomic mass is 16.3. The number of hydrogen-bond donors (Lipinski definition) is 0. The molecule has 0 unspecified atom stereocenters. The zero-order valence-electron chi connectivity index (χ0n) is 33.6. The Morgan fingerprint density at radius 1 is 0.367 bits per heavy atom. The van der Waals surface area contributed by atoms with Gasteiger partial charge in [0.15, 0.2) is 0 Å². The number of benzene rings is 9. The van der Waals surface area contributed by atoms with Crippen LogP contribution >= 0.6 is 0 Å². The Labute approximate surface area is 349 Å². The first-order valence-electron chi connectivity index (χ1n) is 21.9. The van der Waals surface area contributed by atoms with Gasteiger partial charge in [-0.1, -0.05) is 127 Å². The summed E-state index contributed by atoms with van der Waals surface area (Å²) in [5.74, 6) is 0. The molecule has 2 nitrogen and oxygen atoms in total. The van der Waals surface area contributed by atoms with Crippen molar-refractivity contribution in [2.75, 3.05) is 0 Å². The summed E-state index contributed by atoms with van der Waals surface area (Å²) in [6.45, 7) is 0. The van der Waals surface area contributed by atoms with Crippen molar-refractivity contribution in [2.24, 2.45) is 0 Å². The highest BCUT2D eigenvalue weighted by Crippen LogP contribution is 2.48. The van der Waals surface area contributed by atoms with Gasteiger partial charge in [-0.05, 0) is 159 Å². The minimum atomic E-state index is 0.924. The molecule has 11 aromatic rings. The molecule has 0 radical (unpaired) electrons. The van der Waals surface area contributed by atoms with Crippen molar-refractivity contribution in [1.29, 1.82) is 0 Å². The van der Waals surface area contributed by atoms with Gasteiger partial charge in [-0.3, -0.25) is 0 Å². The molecule has 13 rings (SSSR count). The van der Waals surface area contributed by atoms with E-state index in [1.807, 2.05) is 6.07 Å². The number of fused-ring (bicyclic) bond motifs is 10. The minimum absolute atomic E-state index is 0.924. The van der Waals surface area contributed by atoms with Crippen LogP contribution in [0.4, 0.5) is 0 Å². The van der Waals surface area contributed by atoms with Crippen molar-refractivity contribution >= 4 is 65.3 Å². The van der Waals surface area contributed by atoms with Crippen molar-refractivity contribution in [2.45, 2.75) is 51.4 Å². The van der Waals surface area contributed by atoms with Crippen LogP contribution < -0.4 is 0 Å². The maximum Gasteiger partial charge on any atom is 0.143 e. The number of aryl methyl sites for hydroxylation is 2. The summed E-state index contributed by atoms with van der Waals surface area (Å²) in [4.78, 5) is 0. The van der Waals surface area contributed by atoms with E-state index in [-0.39, 0.29) is 0 Å². The molecule has 2 aliphatic carbocycles. The first-order valence-corrected chi connectivity index (χ1v) is 21.9. The zero-order valence-corrected chi connectivity index (χ0v) is 33.6. The first-order chi connectivity index (χ1) is 29.8. The molecule has 0 spiro atoms. The molecule has 60 heavy (non-hydrogen) atoms. The van der Waals surface area contributed by atoms with E-state index in [0.29, 0.717) is 0 Å². The molecule has 0 atom stereocenters. The van der Waals surface area contributed by atoms with Gasteiger partial charge in [-0.25, -0.2) is 0 Å². The molecular formula is C58H43NO. The Hall–Kier alpha value is -6.90. The normalized spacial score (nSPS) is 14.1. The third-order valence-corrected chi connectivity index (χ3v) is 14.0. The van der Waals surface area contributed by atoms with Crippen LogP contribution in [0.3, 0.4) is 0 Å². The van der Waals surface area contributed by atoms with Gasteiger partial charge < -0.3 is 8.98 Å². The Morgan fingerprint density at radius 2 is 0.933 bits per heavy atom. The third kappa shape index (κ3) is 5.00. The molecule has 0 saturated heterocycles. The molecule has 0 N–H and O–H groups in total. The second-order valence-corrected chi connectivity index (χ2v) is 17.2. The van der Waals surface area contributed by atoms with E-state index in [2.05, 4.69) is 162 Å². The maximum absolute atomic E-state index is 6.53. The maximum atomic E-state index is 6.53. The zero-order chi connectivity index (χ0) is 39.3. The summed E-state index contributed by atoms with van der Waals surface area (Å²) in [5, 5.41) is 10.2. The van der Waals surface area contributed by atoms with E-state index in [1.54, 1.807) is 5.56 Å². The lowest BCUT2D eigenvalue weighted by Gasteiger charge is -2.25. The van der Waals surface area contributed by atoms with Crippen LogP contribution in [0.2, 0.25) is 0 Å². The summed E-state index contributed by atoms with van der Waals surface area (Å²) in [7, 11) is 0. The van der Waals surface area contributed by atoms with Crippen LogP contribution in [0, 0.1) is 0 Å². The minimum Gasteiger partial charge on any atom is -0.455 e. The van der Waals surface area contributed by atoms with Crippen molar-refractivity contribution < 1.29 is 4.42 Å². The predicted molar refractivity (Wildman–Crippen MR) is 253 cm³/mol. The average Bonchev–Trinajstić information content (AvgIpc) is 3.86. The fourth-order valence-electron chi connectivity index (χ4n) is 11.3. The molecule has 9 aromatic carbocycles. The molecule has 0 amide bonds. The summed E-state index contributed by atoms with van der Waals surface area (Å²) in [5.41, 5.74) is 19.4. The van der Waals surface area contributed by atoms with E-state index in [0.717, 1.165) is 52.3 Å². The quantitative estimate of drug-likeness (QED) is 0.163. The average molecular weight is 770 g/mol. The molecule has 2 heterocycles. The van der Waals surface area contributed by atoms with E-state index < -0.39 is 0 Å². The summed E-state index contributed by atoms with van der Waals surface area (Å²) >= 11 is 0. The van der Waals surface area contributed by atoms with E-state index >= 15 is 0 Å². The molecule has 0 saturated carbocycles. The molecule has 0 bridgehead atoms. The summed E-state index contributed by atoms with van der Waals surface area (Å²) in [6, 6.07) is 61.6. The molecule has 0 fully saturated rings. The number of hydrogen-bond acceptors (Lipinski definition) is 1. The molecule has 2 heteroatoms. The second-order valence-electron chi connectivity index (χ2n) is 17.2. The van der Waals surface area contributed by atoms with Gasteiger partial charge in [0.25, 0.3) is 0 Å². The van der Waals surface area contributed by atoms with Gasteiger partial charge in [-0.2, -0.15) is 0 Å². The second kappa shape index (κ2) is 13.3. The Morgan fingerprint density at radius 3 is 1.68 bits per heavy atom. The molecule has 286 valence electrons. The SMILES string of the molecule is c1cc2c(c(-c3c4ccccc4c(-c4cccc5c4CCCC5)c4cc(-n5c6ccccc6c6cc(-c7cccc8c7oc7ccccc78)ccc65)ccc34)c1)CCCC2. The predicted octanol–water partition coefficient (Wildman–Crippen LogP) is 15.7. The van der Waals surface area contributed by atoms with Crippen molar-refractivity contribution in [1.82, 2.24) is 4.57 Å². The topological polar surface area (TPSA) is 18.1 Å². The lowest BCUT2D eigenvalue weighted by atomic mass is 9.79. The molecule has 2 aliphatic rings. The Balaban J connectivity index is 1.10. The highest BCUT2D eigenvalue weighted by Gasteiger charge is 2.25. The smallest absolute Gasteiger partial charge is 0.143 e. The monoisotopic (exact) mass is 769 g/mol. The van der Waals surface area contributed by atoms with E-state index in [1.165, 1.54) is 120 Å². The van der Waals surface area contributed by atoms with Crippen LogP contribution in [0.25, 0.3) is 104 Å². The standard InChI is InChI=1S/C58H43NO/c1-3-18-40-36(14-1)16-11-25-45(40)56-47-22-5-6-23-48(47)57(46-26-12-17-37-15-2-4-19-41(37)46)52-35-39(31-32-49(52)56)59-53-28-9-7-20-43(53)51-34-38(30-33-54(51)59)42-24-13-27-50-44-21-8-10-29-55(44)60-58(42)50/h5-13,16-17,20-35H,1-4,14-15,18-19H2. The fourth-order valence-corrected chi connectivity index (χ4v) is 11.3. The lowest BCUT2D eigenvalue weighted by Crippen LogP contribution is -2.06. The van der Waals surface area contributed by atoms with Crippen LogP contribution in [0.5, 0.6) is 0 Å². The Bertz CT molecular complexity index is 3560. The third-order valence-electron chi connectivity index (χ3n) is 14.0. The van der Waals surface area contributed by atoms with Gasteiger partial charge >= 0.3 is 0 Å². The van der Waals surface area contributed by atoms with Crippen molar-refractivity contribution in [3.63, 3.8) is 0 Å².